The predicted molar refractivity (Wildman–Crippen MR) is 96.5 cm³/mol. The van der Waals surface area contributed by atoms with E-state index in [0.29, 0.717) is 24.4 Å². The third kappa shape index (κ3) is 3.21. The molecular weight excluding hydrogens is 330 g/mol. The van der Waals surface area contributed by atoms with Crippen molar-refractivity contribution in [3.05, 3.63) is 41.2 Å². The number of nitrogens with one attached hydrogen (secondary N) is 2. The summed E-state index contributed by atoms with van der Waals surface area (Å²) in [6.45, 7) is 4.55. The van der Waals surface area contributed by atoms with Crippen LogP contribution < -0.4 is 5.32 Å². The normalized spacial score (nSPS) is 17.5. The number of aromatic amines is 1. The van der Waals surface area contributed by atoms with Crippen LogP contribution in [-0.2, 0) is 11.3 Å². The van der Waals surface area contributed by atoms with Crippen molar-refractivity contribution in [3.63, 3.8) is 0 Å². The van der Waals surface area contributed by atoms with Gasteiger partial charge in [0.25, 0.3) is 5.91 Å². The summed E-state index contributed by atoms with van der Waals surface area (Å²) in [4.78, 5) is 31.7. The lowest BCUT2D eigenvalue weighted by atomic mass is 10.0. The van der Waals surface area contributed by atoms with Gasteiger partial charge in [-0.2, -0.15) is 4.98 Å². The highest BCUT2D eigenvalue weighted by molar-refractivity contribution is 6.03. The Hall–Kier alpha value is -2.70. The Bertz CT molecular complexity index is 840. The molecule has 0 unspecified atom stereocenters. The van der Waals surface area contributed by atoms with Crippen LogP contribution in [0.3, 0.4) is 0 Å². The quantitative estimate of drug-likeness (QED) is 0.835. The maximum atomic E-state index is 12.9. The summed E-state index contributed by atoms with van der Waals surface area (Å²) in [5, 5.41) is 9.77. The molecule has 1 atom stereocenters. The number of H-pyrrole nitrogens is 1. The molecule has 7 nitrogen and oxygen atoms in total. The van der Waals surface area contributed by atoms with E-state index in [2.05, 4.69) is 20.5 Å². The number of amides is 2. The molecule has 136 valence electrons. The van der Waals surface area contributed by atoms with Crippen LogP contribution in [0.4, 0.5) is 5.95 Å². The molecule has 1 aliphatic carbocycles. The third-order valence-corrected chi connectivity index (χ3v) is 4.92. The van der Waals surface area contributed by atoms with Crippen LogP contribution in [0.25, 0.3) is 0 Å². The summed E-state index contributed by atoms with van der Waals surface area (Å²) >= 11 is 0. The minimum absolute atomic E-state index is 0.0879. The van der Waals surface area contributed by atoms with Gasteiger partial charge in [0, 0.05) is 18.0 Å². The Balaban J connectivity index is 1.52. The molecule has 2 amide bonds. The van der Waals surface area contributed by atoms with E-state index in [4.69, 9.17) is 0 Å². The zero-order valence-electron chi connectivity index (χ0n) is 15.0. The van der Waals surface area contributed by atoms with Crippen LogP contribution >= 0.6 is 0 Å². The molecule has 2 aromatic rings. The van der Waals surface area contributed by atoms with Gasteiger partial charge < -0.3 is 4.90 Å². The number of hydrogen-bond donors (Lipinski definition) is 2. The number of nitrogens with zero attached hydrogens (tertiary/aromatic N) is 3. The van der Waals surface area contributed by atoms with Crippen LogP contribution in [0.1, 0.15) is 60.8 Å². The molecule has 1 aliphatic heterocycles. The first-order valence-corrected chi connectivity index (χ1v) is 9.15. The number of carbonyl (C=O) groups is 2. The first-order chi connectivity index (χ1) is 12.5. The molecular formula is C19H23N5O2. The molecule has 7 heteroatoms. The molecule has 1 aromatic carbocycles. The topological polar surface area (TPSA) is 91.0 Å². The van der Waals surface area contributed by atoms with E-state index in [0.717, 1.165) is 24.2 Å². The van der Waals surface area contributed by atoms with Gasteiger partial charge in [-0.25, -0.2) is 0 Å². The molecule has 2 aliphatic rings. The molecule has 0 spiro atoms. The van der Waals surface area contributed by atoms with E-state index in [-0.39, 0.29) is 23.7 Å². The maximum absolute atomic E-state index is 12.9. The van der Waals surface area contributed by atoms with Crippen molar-refractivity contribution < 1.29 is 9.59 Å². The van der Waals surface area contributed by atoms with Crippen molar-refractivity contribution in [3.8, 4) is 0 Å². The van der Waals surface area contributed by atoms with E-state index in [1.807, 2.05) is 38.1 Å². The van der Waals surface area contributed by atoms with E-state index in [1.54, 1.807) is 4.90 Å². The van der Waals surface area contributed by atoms with Crippen LogP contribution in [0.5, 0.6) is 0 Å². The fourth-order valence-corrected chi connectivity index (χ4v) is 3.41. The molecule has 0 radical (unpaired) electrons. The summed E-state index contributed by atoms with van der Waals surface area (Å²) < 4.78 is 0. The van der Waals surface area contributed by atoms with Crippen LogP contribution in [-0.4, -0.2) is 37.9 Å². The van der Waals surface area contributed by atoms with Crippen molar-refractivity contribution in [2.45, 2.75) is 51.6 Å². The molecule has 2 N–H and O–H groups in total. The third-order valence-electron chi connectivity index (χ3n) is 4.92. The summed E-state index contributed by atoms with van der Waals surface area (Å²) in [5.41, 5.74) is 1.65. The van der Waals surface area contributed by atoms with Crippen molar-refractivity contribution >= 4 is 17.8 Å². The van der Waals surface area contributed by atoms with Crippen molar-refractivity contribution in [2.75, 3.05) is 5.32 Å². The van der Waals surface area contributed by atoms with Gasteiger partial charge in [0.1, 0.15) is 11.9 Å². The van der Waals surface area contributed by atoms with Gasteiger partial charge in [-0.3, -0.25) is 20.0 Å². The molecule has 2 heterocycles. The number of benzene rings is 1. The first-order valence-electron chi connectivity index (χ1n) is 9.15. The van der Waals surface area contributed by atoms with E-state index in [9.17, 15) is 9.59 Å². The monoisotopic (exact) mass is 353 g/mol. The van der Waals surface area contributed by atoms with Gasteiger partial charge in [-0.1, -0.05) is 32.0 Å². The van der Waals surface area contributed by atoms with E-state index < -0.39 is 6.04 Å². The molecule has 4 rings (SSSR count). The lowest BCUT2D eigenvalue weighted by Crippen LogP contribution is -2.45. The number of aromatic nitrogens is 3. The SMILES string of the molecule is CC(C)C[C@H](C(=O)Nc1n[nH]c(C2CC2)n1)N1Cc2ccccc2C1=O. The summed E-state index contributed by atoms with van der Waals surface area (Å²) in [7, 11) is 0. The number of fused-ring (bicyclic) bond motifs is 1. The second kappa shape index (κ2) is 6.55. The largest absolute Gasteiger partial charge is 0.322 e. The summed E-state index contributed by atoms with van der Waals surface area (Å²) in [6.07, 6.45) is 2.81. The van der Waals surface area contributed by atoms with Crippen molar-refractivity contribution in [2.24, 2.45) is 5.92 Å². The van der Waals surface area contributed by atoms with E-state index >= 15 is 0 Å². The van der Waals surface area contributed by atoms with Crippen molar-refractivity contribution in [1.82, 2.24) is 20.1 Å². The number of rotatable bonds is 6. The van der Waals surface area contributed by atoms with Gasteiger partial charge in [0.05, 0.1) is 0 Å². The fourth-order valence-electron chi connectivity index (χ4n) is 3.41. The highest BCUT2D eigenvalue weighted by Gasteiger charge is 2.37. The summed E-state index contributed by atoms with van der Waals surface area (Å²) in [6, 6.07) is 6.98. The smallest absolute Gasteiger partial charge is 0.255 e. The minimum atomic E-state index is -0.544. The number of anilines is 1. The molecule has 26 heavy (non-hydrogen) atoms. The van der Waals surface area contributed by atoms with Gasteiger partial charge in [-0.05, 0) is 36.8 Å². The highest BCUT2D eigenvalue weighted by Crippen LogP contribution is 2.38. The lowest BCUT2D eigenvalue weighted by Gasteiger charge is -2.27. The second-order valence-electron chi connectivity index (χ2n) is 7.54. The number of carbonyl (C=O) groups excluding carboxylic acids is 2. The maximum Gasteiger partial charge on any atom is 0.255 e. The Morgan fingerprint density at radius 1 is 1.35 bits per heavy atom. The Labute approximate surface area is 152 Å². The number of hydrogen-bond acceptors (Lipinski definition) is 4. The molecule has 1 saturated carbocycles. The molecule has 1 aromatic heterocycles. The average molecular weight is 353 g/mol. The minimum Gasteiger partial charge on any atom is -0.322 e. The van der Waals surface area contributed by atoms with Gasteiger partial charge >= 0.3 is 0 Å². The fraction of sp³-hybridized carbons (Fsp3) is 0.474. The van der Waals surface area contributed by atoms with Crippen LogP contribution in [0.15, 0.2) is 24.3 Å². The Morgan fingerprint density at radius 3 is 2.81 bits per heavy atom. The van der Waals surface area contributed by atoms with Crippen LogP contribution in [0, 0.1) is 5.92 Å². The zero-order valence-corrected chi connectivity index (χ0v) is 15.0. The van der Waals surface area contributed by atoms with Crippen molar-refractivity contribution in [1.29, 1.82) is 0 Å². The van der Waals surface area contributed by atoms with Crippen LogP contribution in [0.2, 0.25) is 0 Å². The molecule has 1 fully saturated rings. The Kier molecular flexibility index (Phi) is 4.22. The zero-order chi connectivity index (χ0) is 18.3. The van der Waals surface area contributed by atoms with Gasteiger partial charge in [0.15, 0.2) is 0 Å². The van der Waals surface area contributed by atoms with Gasteiger partial charge in [-0.15, -0.1) is 5.10 Å². The average Bonchev–Trinajstić information content (AvgIpc) is 3.28. The second-order valence-corrected chi connectivity index (χ2v) is 7.54. The molecule has 0 bridgehead atoms. The lowest BCUT2D eigenvalue weighted by molar-refractivity contribution is -0.121. The van der Waals surface area contributed by atoms with Gasteiger partial charge in [0.2, 0.25) is 11.9 Å². The Morgan fingerprint density at radius 2 is 2.12 bits per heavy atom. The predicted octanol–water partition coefficient (Wildman–Crippen LogP) is 2.69. The first kappa shape index (κ1) is 16.8. The molecule has 0 saturated heterocycles. The van der Waals surface area contributed by atoms with E-state index in [1.165, 1.54) is 0 Å². The standard InChI is InChI=1S/C19H23N5O2/c1-11(2)9-15(24-10-13-5-3-4-6-14(13)18(24)26)17(25)21-19-20-16(22-23-19)12-7-8-12/h3-6,11-12,15H,7-10H2,1-2H3,(H2,20,21,22,23,25)/t15-/m1/s1. The highest BCUT2D eigenvalue weighted by atomic mass is 16.2. The summed E-state index contributed by atoms with van der Waals surface area (Å²) in [5.74, 6) is 1.50.